The molecule has 0 spiro atoms. The molecule has 1 aliphatic rings. The largest absolute Gasteiger partial charge is 0.466 e. The molecule has 0 aliphatic carbocycles. The molecule has 0 aromatic heterocycles. The number of amides is 1. The molecule has 1 aliphatic heterocycles. The number of β-amino-alcohol motifs (C(OH)–C–C–N with tert-alkyl or cyclic N) is 1. The first kappa shape index (κ1) is 15.9. The van der Waals surface area contributed by atoms with E-state index in [1.54, 1.807) is 13.8 Å². The van der Waals surface area contributed by atoms with E-state index in [0.29, 0.717) is 13.2 Å². The normalized spacial score (nSPS) is 20.6. The van der Waals surface area contributed by atoms with Crippen molar-refractivity contribution in [3.05, 3.63) is 0 Å². The Labute approximate surface area is 103 Å². The topological polar surface area (TPSA) is 66.8 Å². The Morgan fingerprint density at radius 1 is 1.59 bits per heavy atom. The first-order valence-corrected chi connectivity index (χ1v) is 6.17. The molecule has 1 heterocycles. The molecule has 1 fully saturated rings. The van der Waals surface area contributed by atoms with Gasteiger partial charge in [0.15, 0.2) is 0 Å². The highest BCUT2D eigenvalue weighted by molar-refractivity contribution is 5.86. The fourth-order valence-electron chi connectivity index (χ4n) is 1.69. The van der Waals surface area contributed by atoms with Gasteiger partial charge in [-0.05, 0) is 13.8 Å². The molecule has 0 bridgehead atoms. The number of hydrogen-bond acceptors (Lipinski definition) is 4. The summed E-state index contributed by atoms with van der Waals surface area (Å²) in [7, 11) is 0. The van der Waals surface area contributed by atoms with Crippen LogP contribution in [0.2, 0.25) is 0 Å². The van der Waals surface area contributed by atoms with Crippen LogP contribution in [0.5, 0.6) is 0 Å². The summed E-state index contributed by atoms with van der Waals surface area (Å²) in [6.07, 6.45) is -0.360. The van der Waals surface area contributed by atoms with Gasteiger partial charge in [-0.1, -0.05) is 13.8 Å². The van der Waals surface area contributed by atoms with Gasteiger partial charge in [0.2, 0.25) is 5.91 Å². The number of carbonyl (C=O) groups excluding carboxylic acids is 2. The Morgan fingerprint density at radius 3 is 2.65 bits per heavy atom. The van der Waals surface area contributed by atoms with E-state index in [-0.39, 0.29) is 30.8 Å². The van der Waals surface area contributed by atoms with Crippen molar-refractivity contribution < 1.29 is 19.4 Å². The van der Waals surface area contributed by atoms with E-state index >= 15 is 0 Å². The van der Waals surface area contributed by atoms with E-state index in [1.807, 2.05) is 13.8 Å². The number of rotatable bonds is 4. The molecule has 1 rings (SSSR count). The highest BCUT2D eigenvalue weighted by atomic mass is 16.5. The smallest absolute Gasteiger partial charge is 0.311 e. The third-order valence-electron chi connectivity index (χ3n) is 2.32. The van der Waals surface area contributed by atoms with E-state index in [0.717, 1.165) is 0 Å². The molecular formula is C12H23NO4. The Hall–Kier alpha value is -1.10. The van der Waals surface area contributed by atoms with E-state index in [9.17, 15) is 9.59 Å². The molecular weight excluding hydrogens is 222 g/mol. The van der Waals surface area contributed by atoms with Crippen molar-refractivity contribution in [2.75, 3.05) is 19.7 Å². The van der Waals surface area contributed by atoms with Crippen LogP contribution >= 0.6 is 0 Å². The van der Waals surface area contributed by atoms with Crippen molar-refractivity contribution in [3.8, 4) is 0 Å². The fourth-order valence-corrected chi connectivity index (χ4v) is 1.69. The average Bonchev–Trinajstić information content (AvgIpc) is 2.63. The molecule has 17 heavy (non-hydrogen) atoms. The second-order valence-corrected chi connectivity index (χ2v) is 3.80. The number of aliphatic hydroxyl groups is 1. The van der Waals surface area contributed by atoms with Crippen LogP contribution in [0.4, 0.5) is 0 Å². The van der Waals surface area contributed by atoms with Gasteiger partial charge in [-0.25, -0.2) is 0 Å². The number of esters is 1. The SMILES string of the molecule is CC.CCOC(=O)C1CC(=O)N(CC(C)O)C1. The predicted molar refractivity (Wildman–Crippen MR) is 64.3 cm³/mol. The monoisotopic (exact) mass is 245 g/mol. The van der Waals surface area contributed by atoms with E-state index in [1.165, 1.54) is 4.90 Å². The summed E-state index contributed by atoms with van der Waals surface area (Å²) >= 11 is 0. The second-order valence-electron chi connectivity index (χ2n) is 3.80. The maximum absolute atomic E-state index is 11.4. The highest BCUT2D eigenvalue weighted by Crippen LogP contribution is 2.19. The Kier molecular flexibility index (Phi) is 7.54. The van der Waals surface area contributed by atoms with Gasteiger partial charge in [-0.15, -0.1) is 0 Å². The summed E-state index contributed by atoms with van der Waals surface area (Å²) in [5, 5.41) is 9.15. The van der Waals surface area contributed by atoms with Gasteiger partial charge in [0, 0.05) is 19.5 Å². The van der Waals surface area contributed by atoms with Crippen LogP contribution in [-0.4, -0.2) is 47.7 Å². The summed E-state index contributed by atoms with van der Waals surface area (Å²) in [6, 6.07) is 0. The maximum atomic E-state index is 11.4. The molecule has 5 nitrogen and oxygen atoms in total. The van der Waals surface area contributed by atoms with Crippen LogP contribution < -0.4 is 0 Å². The van der Waals surface area contributed by atoms with Gasteiger partial charge in [0.25, 0.3) is 0 Å². The number of nitrogens with zero attached hydrogens (tertiary/aromatic N) is 1. The molecule has 0 aromatic carbocycles. The van der Waals surface area contributed by atoms with Gasteiger partial charge in [0.1, 0.15) is 0 Å². The molecule has 1 amide bonds. The van der Waals surface area contributed by atoms with Gasteiger partial charge >= 0.3 is 5.97 Å². The van der Waals surface area contributed by atoms with Gasteiger partial charge in [-0.2, -0.15) is 0 Å². The Balaban J connectivity index is 0.00000121. The number of aliphatic hydroxyl groups excluding tert-OH is 1. The highest BCUT2D eigenvalue weighted by Gasteiger charge is 2.35. The standard InChI is InChI=1S/C10H17NO4.C2H6/c1-3-15-10(14)8-4-9(13)11(6-8)5-7(2)12;1-2/h7-8,12H,3-6H2,1-2H3;1-2H3. The molecule has 0 saturated carbocycles. The summed E-state index contributed by atoms with van der Waals surface area (Å²) in [4.78, 5) is 24.3. The van der Waals surface area contributed by atoms with Gasteiger partial charge in [-0.3, -0.25) is 9.59 Å². The number of likely N-dealkylation sites (tertiary alicyclic amines) is 1. The zero-order valence-electron chi connectivity index (χ0n) is 11.1. The zero-order valence-corrected chi connectivity index (χ0v) is 11.1. The maximum Gasteiger partial charge on any atom is 0.311 e. The fraction of sp³-hybridized carbons (Fsp3) is 0.833. The first-order valence-electron chi connectivity index (χ1n) is 6.17. The van der Waals surface area contributed by atoms with Crippen molar-refractivity contribution >= 4 is 11.9 Å². The van der Waals surface area contributed by atoms with E-state index in [2.05, 4.69) is 0 Å². The van der Waals surface area contributed by atoms with Crippen molar-refractivity contribution in [1.29, 1.82) is 0 Å². The molecule has 2 atom stereocenters. The minimum absolute atomic E-state index is 0.0889. The Morgan fingerprint density at radius 2 is 2.18 bits per heavy atom. The summed E-state index contributed by atoms with van der Waals surface area (Å²) < 4.78 is 4.85. The van der Waals surface area contributed by atoms with Crippen LogP contribution in [0.1, 0.15) is 34.1 Å². The first-order chi connectivity index (χ1) is 8.04. The lowest BCUT2D eigenvalue weighted by molar-refractivity contribution is -0.147. The third-order valence-corrected chi connectivity index (χ3v) is 2.32. The third kappa shape index (κ3) is 5.17. The number of carbonyl (C=O) groups is 2. The molecule has 2 unspecified atom stereocenters. The van der Waals surface area contributed by atoms with E-state index in [4.69, 9.17) is 9.84 Å². The van der Waals surface area contributed by atoms with Crippen molar-refractivity contribution in [3.63, 3.8) is 0 Å². The lowest BCUT2D eigenvalue weighted by Gasteiger charge is -2.17. The summed E-state index contributed by atoms with van der Waals surface area (Å²) in [5.41, 5.74) is 0. The van der Waals surface area contributed by atoms with Crippen molar-refractivity contribution in [2.24, 2.45) is 5.92 Å². The van der Waals surface area contributed by atoms with E-state index < -0.39 is 6.10 Å². The number of ether oxygens (including phenoxy) is 1. The molecule has 0 radical (unpaired) electrons. The Bertz CT molecular complexity index is 253. The van der Waals surface area contributed by atoms with Crippen LogP contribution in [0.3, 0.4) is 0 Å². The minimum atomic E-state index is -0.560. The second kappa shape index (κ2) is 8.06. The lowest BCUT2D eigenvalue weighted by atomic mass is 10.1. The quantitative estimate of drug-likeness (QED) is 0.744. The number of hydrogen-bond donors (Lipinski definition) is 1. The molecule has 1 saturated heterocycles. The zero-order chi connectivity index (χ0) is 13.4. The van der Waals surface area contributed by atoms with Crippen molar-refractivity contribution in [2.45, 2.75) is 40.2 Å². The van der Waals surface area contributed by atoms with Gasteiger partial charge in [0.05, 0.1) is 18.6 Å². The molecule has 5 heteroatoms. The van der Waals surface area contributed by atoms with Crippen molar-refractivity contribution in [1.82, 2.24) is 4.90 Å². The summed E-state index contributed by atoms with van der Waals surface area (Å²) in [5.74, 6) is -0.774. The van der Waals surface area contributed by atoms with Crippen LogP contribution in [-0.2, 0) is 14.3 Å². The lowest BCUT2D eigenvalue weighted by Crippen LogP contribution is -2.33. The van der Waals surface area contributed by atoms with Crippen LogP contribution in [0.25, 0.3) is 0 Å². The van der Waals surface area contributed by atoms with Crippen LogP contribution in [0, 0.1) is 5.92 Å². The van der Waals surface area contributed by atoms with Gasteiger partial charge < -0.3 is 14.7 Å². The molecule has 0 aromatic rings. The predicted octanol–water partition coefficient (Wildman–Crippen LogP) is 0.805. The molecule has 100 valence electrons. The molecule has 1 N–H and O–H groups in total. The minimum Gasteiger partial charge on any atom is -0.466 e. The average molecular weight is 245 g/mol. The van der Waals surface area contributed by atoms with Crippen LogP contribution in [0.15, 0.2) is 0 Å². The summed E-state index contributed by atoms with van der Waals surface area (Å²) in [6.45, 7) is 8.34.